The molecule has 0 aliphatic rings. The molecule has 0 atom stereocenters. The van der Waals surface area contributed by atoms with E-state index in [1.807, 2.05) is 13.8 Å². The average molecular weight is 292 g/mol. The van der Waals surface area contributed by atoms with E-state index < -0.39 is 0 Å². The third-order valence-electron chi connectivity index (χ3n) is 2.74. The van der Waals surface area contributed by atoms with Crippen LogP contribution in [0.25, 0.3) is 0 Å². The zero-order valence-electron chi connectivity index (χ0n) is 12.6. The van der Waals surface area contributed by atoms with E-state index in [-0.39, 0.29) is 18.0 Å². The topological polar surface area (TPSA) is 96.2 Å². The molecule has 6 nitrogen and oxygen atoms in total. The van der Waals surface area contributed by atoms with Crippen LogP contribution in [0.2, 0.25) is 0 Å². The van der Waals surface area contributed by atoms with Crippen molar-refractivity contribution in [1.29, 1.82) is 0 Å². The minimum absolute atomic E-state index is 0.0728. The van der Waals surface area contributed by atoms with Gasteiger partial charge in [-0.3, -0.25) is 4.79 Å². The van der Waals surface area contributed by atoms with Crippen LogP contribution in [0.4, 0.5) is 10.5 Å². The molecule has 0 saturated carbocycles. The number of nitrogens with one attached hydrogen (secondary N) is 3. The van der Waals surface area contributed by atoms with Crippen LogP contribution >= 0.6 is 0 Å². The number of hydrogen-bond acceptors (Lipinski definition) is 3. The first kappa shape index (κ1) is 17.0. The molecule has 0 aliphatic carbocycles. The van der Waals surface area contributed by atoms with Crippen LogP contribution < -0.4 is 21.7 Å². The Morgan fingerprint density at radius 3 is 2.38 bits per heavy atom. The van der Waals surface area contributed by atoms with Gasteiger partial charge in [-0.05, 0) is 57.5 Å². The van der Waals surface area contributed by atoms with Gasteiger partial charge in [0.25, 0.3) is 5.91 Å². The highest BCUT2D eigenvalue weighted by Crippen LogP contribution is 2.09. The van der Waals surface area contributed by atoms with E-state index in [0.717, 1.165) is 12.8 Å². The summed E-state index contributed by atoms with van der Waals surface area (Å²) in [6.45, 7) is 5.02. The number of rotatable bonds is 7. The molecule has 6 heteroatoms. The van der Waals surface area contributed by atoms with Crippen LogP contribution in [0, 0.1) is 0 Å². The highest BCUT2D eigenvalue weighted by molar-refractivity contribution is 5.95. The lowest BCUT2D eigenvalue weighted by atomic mass is 10.2. The molecule has 21 heavy (non-hydrogen) atoms. The summed E-state index contributed by atoms with van der Waals surface area (Å²) in [6, 6.07) is 6.59. The molecule has 1 rings (SSSR count). The van der Waals surface area contributed by atoms with Crippen molar-refractivity contribution in [3.05, 3.63) is 29.8 Å². The minimum atomic E-state index is -0.260. The second-order valence-electron chi connectivity index (χ2n) is 5.08. The van der Waals surface area contributed by atoms with E-state index in [0.29, 0.717) is 24.3 Å². The van der Waals surface area contributed by atoms with Gasteiger partial charge in [0.2, 0.25) is 0 Å². The maximum Gasteiger partial charge on any atom is 0.319 e. The van der Waals surface area contributed by atoms with Crippen LogP contribution in [0.15, 0.2) is 24.3 Å². The quantitative estimate of drug-likeness (QED) is 0.576. The number of hydrogen-bond donors (Lipinski definition) is 4. The summed E-state index contributed by atoms with van der Waals surface area (Å²) in [5, 5.41) is 8.26. The molecule has 3 amide bonds. The number of urea groups is 1. The standard InChI is InChI=1S/C15H24N4O2/c1-11(2)18-15(21)19-13-7-5-12(6-8-13)14(20)17-10-4-3-9-16/h5-8,11H,3-4,9-10,16H2,1-2H3,(H,17,20)(H2,18,19,21). The highest BCUT2D eigenvalue weighted by atomic mass is 16.2. The van der Waals surface area contributed by atoms with Crippen molar-refractivity contribution in [1.82, 2.24) is 10.6 Å². The molecule has 0 bridgehead atoms. The number of anilines is 1. The van der Waals surface area contributed by atoms with E-state index in [1.165, 1.54) is 0 Å². The first-order valence-corrected chi connectivity index (χ1v) is 7.18. The van der Waals surface area contributed by atoms with E-state index >= 15 is 0 Å². The summed E-state index contributed by atoms with van der Waals surface area (Å²) < 4.78 is 0. The van der Waals surface area contributed by atoms with Gasteiger partial charge in [0.15, 0.2) is 0 Å². The van der Waals surface area contributed by atoms with Gasteiger partial charge in [-0.2, -0.15) is 0 Å². The second kappa shape index (κ2) is 8.97. The molecular formula is C15H24N4O2. The van der Waals surface area contributed by atoms with Crippen LogP contribution in [0.5, 0.6) is 0 Å². The fourth-order valence-corrected chi connectivity index (χ4v) is 1.71. The lowest BCUT2D eigenvalue weighted by Crippen LogP contribution is -2.34. The highest BCUT2D eigenvalue weighted by Gasteiger charge is 2.06. The molecule has 0 unspecified atom stereocenters. The Morgan fingerprint density at radius 1 is 1.14 bits per heavy atom. The van der Waals surface area contributed by atoms with E-state index in [1.54, 1.807) is 24.3 Å². The summed E-state index contributed by atoms with van der Waals surface area (Å²) in [7, 11) is 0. The van der Waals surface area contributed by atoms with Gasteiger partial charge in [-0.25, -0.2) is 4.79 Å². The van der Waals surface area contributed by atoms with Gasteiger partial charge < -0.3 is 21.7 Å². The Labute approximate surface area is 125 Å². The molecule has 5 N–H and O–H groups in total. The van der Waals surface area contributed by atoms with Crippen molar-refractivity contribution in [2.24, 2.45) is 5.73 Å². The fraction of sp³-hybridized carbons (Fsp3) is 0.467. The molecule has 0 heterocycles. The molecule has 0 saturated heterocycles. The van der Waals surface area contributed by atoms with Gasteiger partial charge in [0, 0.05) is 23.8 Å². The summed E-state index contributed by atoms with van der Waals surface area (Å²) in [4.78, 5) is 23.4. The zero-order valence-corrected chi connectivity index (χ0v) is 12.6. The summed E-state index contributed by atoms with van der Waals surface area (Å²) in [5.41, 5.74) is 6.60. The average Bonchev–Trinajstić information content (AvgIpc) is 2.43. The molecule has 0 fully saturated rings. The predicted molar refractivity (Wildman–Crippen MR) is 84.4 cm³/mol. The van der Waals surface area contributed by atoms with Crippen molar-refractivity contribution in [2.75, 3.05) is 18.4 Å². The smallest absolute Gasteiger partial charge is 0.319 e. The van der Waals surface area contributed by atoms with Crippen LogP contribution in [0.1, 0.15) is 37.0 Å². The van der Waals surface area contributed by atoms with Gasteiger partial charge in [-0.15, -0.1) is 0 Å². The maximum atomic E-state index is 11.8. The minimum Gasteiger partial charge on any atom is -0.352 e. The number of carbonyl (C=O) groups is 2. The van der Waals surface area contributed by atoms with Crippen molar-refractivity contribution in [3.63, 3.8) is 0 Å². The van der Waals surface area contributed by atoms with Crippen molar-refractivity contribution in [2.45, 2.75) is 32.7 Å². The molecule has 1 aromatic carbocycles. The molecule has 0 spiro atoms. The summed E-state index contributed by atoms with van der Waals surface area (Å²) >= 11 is 0. The number of carbonyl (C=O) groups excluding carboxylic acids is 2. The summed E-state index contributed by atoms with van der Waals surface area (Å²) in [5.74, 6) is -0.120. The normalized spacial score (nSPS) is 10.3. The van der Waals surface area contributed by atoms with E-state index in [2.05, 4.69) is 16.0 Å². The Hall–Kier alpha value is -2.08. The number of unbranched alkanes of at least 4 members (excludes halogenated alkanes) is 1. The molecule has 116 valence electrons. The summed E-state index contributed by atoms with van der Waals surface area (Å²) in [6.07, 6.45) is 1.77. The first-order valence-electron chi connectivity index (χ1n) is 7.18. The molecular weight excluding hydrogens is 268 g/mol. The number of benzene rings is 1. The predicted octanol–water partition coefficient (Wildman–Crippen LogP) is 1.69. The third kappa shape index (κ3) is 6.76. The Morgan fingerprint density at radius 2 is 1.81 bits per heavy atom. The number of amides is 3. The fourth-order valence-electron chi connectivity index (χ4n) is 1.71. The van der Waals surface area contributed by atoms with E-state index in [4.69, 9.17) is 5.73 Å². The van der Waals surface area contributed by atoms with Crippen molar-refractivity contribution in [3.8, 4) is 0 Å². The van der Waals surface area contributed by atoms with Crippen molar-refractivity contribution >= 4 is 17.6 Å². The lowest BCUT2D eigenvalue weighted by molar-refractivity contribution is 0.0953. The van der Waals surface area contributed by atoms with Crippen LogP contribution in [0.3, 0.4) is 0 Å². The third-order valence-corrected chi connectivity index (χ3v) is 2.74. The van der Waals surface area contributed by atoms with Crippen molar-refractivity contribution < 1.29 is 9.59 Å². The lowest BCUT2D eigenvalue weighted by Gasteiger charge is -2.10. The van der Waals surface area contributed by atoms with Gasteiger partial charge in [0.1, 0.15) is 0 Å². The Balaban J connectivity index is 2.46. The van der Waals surface area contributed by atoms with Gasteiger partial charge in [-0.1, -0.05) is 0 Å². The largest absolute Gasteiger partial charge is 0.352 e. The van der Waals surface area contributed by atoms with Crippen LogP contribution in [-0.2, 0) is 0 Å². The maximum absolute atomic E-state index is 11.8. The number of nitrogens with two attached hydrogens (primary N) is 1. The Kier molecular flexibility index (Phi) is 7.25. The van der Waals surface area contributed by atoms with Crippen LogP contribution in [-0.4, -0.2) is 31.1 Å². The van der Waals surface area contributed by atoms with Gasteiger partial charge in [0.05, 0.1) is 0 Å². The first-order chi connectivity index (χ1) is 10.0. The molecule has 1 aromatic rings. The molecule has 0 radical (unpaired) electrons. The molecule has 0 aromatic heterocycles. The second-order valence-corrected chi connectivity index (χ2v) is 5.08. The van der Waals surface area contributed by atoms with E-state index in [9.17, 15) is 9.59 Å². The molecule has 0 aliphatic heterocycles. The Bertz CT molecular complexity index is 457. The zero-order chi connectivity index (χ0) is 15.7. The SMILES string of the molecule is CC(C)NC(=O)Nc1ccc(C(=O)NCCCCN)cc1. The monoisotopic (exact) mass is 292 g/mol. The van der Waals surface area contributed by atoms with Gasteiger partial charge >= 0.3 is 6.03 Å².